The van der Waals surface area contributed by atoms with Gasteiger partial charge in [0.05, 0.1) is 34.9 Å². The lowest BCUT2D eigenvalue weighted by molar-refractivity contribution is -0.120. The van der Waals surface area contributed by atoms with Crippen LogP contribution in [-0.4, -0.2) is 44.9 Å². The molecule has 1 N–H and O–H groups in total. The largest absolute Gasteiger partial charge is 0.491 e. The summed E-state index contributed by atoms with van der Waals surface area (Å²) in [5.41, 5.74) is 4.19. The average molecular weight is 474 g/mol. The number of rotatable bonds is 7. The number of hydrogen-bond acceptors (Lipinski definition) is 5. The van der Waals surface area contributed by atoms with Crippen LogP contribution in [0, 0.1) is 5.92 Å². The van der Waals surface area contributed by atoms with E-state index in [4.69, 9.17) is 9.72 Å². The van der Waals surface area contributed by atoms with Crippen molar-refractivity contribution in [2.45, 2.75) is 53.7 Å². The highest BCUT2D eigenvalue weighted by molar-refractivity contribution is 6.08. The third-order valence-electron chi connectivity index (χ3n) is 5.86. The number of carbonyl (C=O) groups is 2. The van der Waals surface area contributed by atoms with Crippen LogP contribution in [0.3, 0.4) is 0 Å². The van der Waals surface area contributed by atoms with Crippen LogP contribution in [0.15, 0.2) is 53.2 Å². The Bertz CT molecular complexity index is 1330. The minimum atomic E-state index is -0.466. The van der Waals surface area contributed by atoms with Crippen molar-refractivity contribution in [2.24, 2.45) is 10.9 Å². The molecule has 3 aromatic rings. The standard InChI is InChI=1S/C27H31N5O3/c1-15(2)32-25-23(14-29-32)21(26(33)28-13-22-17(5)11-18(6)30-27(22)34)12-24(31-25)19-7-9-20(10-8-19)35-16(3)4/h7-12,14-16,22H,13H2,1-6H3,(H,28,33). The number of amides is 2. The van der Waals surface area contributed by atoms with Gasteiger partial charge in [-0.15, -0.1) is 0 Å². The number of aliphatic imine (C=N–C) groups is 1. The van der Waals surface area contributed by atoms with Gasteiger partial charge in [-0.2, -0.15) is 5.10 Å². The summed E-state index contributed by atoms with van der Waals surface area (Å²) in [4.78, 5) is 34.6. The van der Waals surface area contributed by atoms with Gasteiger partial charge >= 0.3 is 0 Å². The maximum Gasteiger partial charge on any atom is 0.254 e. The highest BCUT2D eigenvalue weighted by atomic mass is 16.5. The van der Waals surface area contributed by atoms with Gasteiger partial charge < -0.3 is 10.1 Å². The molecule has 0 bridgehead atoms. The van der Waals surface area contributed by atoms with E-state index in [0.717, 1.165) is 16.9 Å². The van der Waals surface area contributed by atoms with E-state index in [1.807, 2.05) is 65.0 Å². The van der Waals surface area contributed by atoms with Gasteiger partial charge in [-0.3, -0.25) is 9.59 Å². The molecule has 3 heterocycles. The molecule has 1 atom stereocenters. The lowest BCUT2D eigenvalue weighted by atomic mass is 9.95. The van der Waals surface area contributed by atoms with Gasteiger partial charge in [0.15, 0.2) is 5.65 Å². The van der Waals surface area contributed by atoms with Gasteiger partial charge in [-0.1, -0.05) is 5.57 Å². The van der Waals surface area contributed by atoms with Crippen LogP contribution in [0.5, 0.6) is 5.75 Å². The fraction of sp³-hybridized carbons (Fsp3) is 0.370. The topological polar surface area (TPSA) is 98.5 Å². The van der Waals surface area contributed by atoms with Gasteiger partial charge in [-0.25, -0.2) is 14.7 Å². The summed E-state index contributed by atoms with van der Waals surface area (Å²) >= 11 is 0. The average Bonchev–Trinajstić information content (AvgIpc) is 3.22. The minimum Gasteiger partial charge on any atom is -0.491 e. The number of hydrogen-bond donors (Lipinski definition) is 1. The first-order chi connectivity index (χ1) is 16.6. The van der Waals surface area contributed by atoms with E-state index in [2.05, 4.69) is 15.4 Å². The zero-order valence-electron chi connectivity index (χ0n) is 21.0. The first-order valence-electron chi connectivity index (χ1n) is 11.8. The summed E-state index contributed by atoms with van der Waals surface area (Å²) in [5.74, 6) is -0.215. The molecule has 182 valence electrons. The van der Waals surface area contributed by atoms with Crippen LogP contribution in [0.2, 0.25) is 0 Å². The highest BCUT2D eigenvalue weighted by Crippen LogP contribution is 2.28. The Morgan fingerprint density at radius 2 is 1.86 bits per heavy atom. The minimum absolute atomic E-state index is 0.0710. The molecule has 4 rings (SSSR count). The van der Waals surface area contributed by atoms with E-state index < -0.39 is 5.92 Å². The Kier molecular flexibility index (Phi) is 6.82. The monoisotopic (exact) mass is 473 g/mol. The molecule has 2 amide bonds. The van der Waals surface area contributed by atoms with Crippen molar-refractivity contribution in [1.29, 1.82) is 0 Å². The third kappa shape index (κ3) is 5.16. The molecule has 0 aliphatic carbocycles. The second-order valence-corrected chi connectivity index (χ2v) is 9.41. The van der Waals surface area contributed by atoms with Gasteiger partial charge in [0.1, 0.15) is 5.75 Å². The Morgan fingerprint density at radius 3 is 2.49 bits per heavy atom. The molecule has 2 aromatic heterocycles. The molecule has 0 saturated heterocycles. The lowest BCUT2D eigenvalue weighted by Crippen LogP contribution is -2.34. The van der Waals surface area contributed by atoms with E-state index in [0.29, 0.717) is 28.0 Å². The summed E-state index contributed by atoms with van der Waals surface area (Å²) in [6.07, 6.45) is 3.63. The number of ether oxygens (including phenoxy) is 1. The van der Waals surface area contributed by atoms with Crippen molar-refractivity contribution in [1.82, 2.24) is 20.1 Å². The molecule has 0 spiro atoms. The Balaban J connectivity index is 1.68. The number of nitrogens with zero attached hydrogens (tertiary/aromatic N) is 4. The smallest absolute Gasteiger partial charge is 0.254 e. The van der Waals surface area contributed by atoms with Crippen LogP contribution in [0.4, 0.5) is 0 Å². The molecule has 0 saturated carbocycles. The predicted octanol–water partition coefficient (Wildman–Crippen LogP) is 4.76. The number of benzene rings is 1. The highest BCUT2D eigenvalue weighted by Gasteiger charge is 2.25. The summed E-state index contributed by atoms with van der Waals surface area (Å²) in [5, 5.41) is 8.07. The van der Waals surface area contributed by atoms with Gasteiger partial charge in [0.25, 0.3) is 11.8 Å². The van der Waals surface area contributed by atoms with Gasteiger partial charge in [0.2, 0.25) is 0 Å². The SMILES string of the molecule is CC1=CC(C)=NC(=O)C1CNC(=O)c1cc(-c2ccc(OC(C)C)cc2)nc2c1cnn2C(C)C. The number of pyridine rings is 1. The molecule has 1 aromatic carbocycles. The fourth-order valence-corrected chi connectivity index (χ4v) is 4.16. The number of fused-ring (bicyclic) bond motifs is 1. The summed E-state index contributed by atoms with van der Waals surface area (Å²) in [7, 11) is 0. The molecule has 1 unspecified atom stereocenters. The maximum atomic E-state index is 13.4. The van der Waals surface area contributed by atoms with E-state index in [9.17, 15) is 9.59 Å². The van der Waals surface area contributed by atoms with E-state index in [1.54, 1.807) is 23.9 Å². The van der Waals surface area contributed by atoms with Crippen LogP contribution in [-0.2, 0) is 4.79 Å². The molecule has 1 aliphatic rings. The zero-order chi connectivity index (χ0) is 25.3. The predicted molar refractivity (Wildman–Crippen MR) is 137 cm³/mol. The maximum absolute atomic E-state index is 13.4. The van der Waals surface area contributed by atoms with Crippen LogP contribution < -0.4 is 10.1 Å². The second kappa shape index (κ2) is 9.82. The van der Waals surface area contributed by atoms with Gasteiger partial charge in [0, 0.05) is 23.9 Å². The summed E-state index contributed by atoms with van der Waals surface area (Å²) in [6.45, 7) is 11.8. The Labute approximate surface area is 205 Å². The molecular formula is C27H31N5O3. The van der Waals surface area contributed by atoms with Crippen molar-refractivity contribution < 1.29 is 14.3 Å². The third-order valence-corrected chi connectivity index (χ3v) is 5.86. The second-order valence-electron chi connectivity index (χ2n) is 9.41. The van der Waals surface area contributed by atoms with E-state index in [-0.39, 0.29) is 30.5 Å². The van der Waals surface area contributed by atoms with Gasteiger partial charge in [-0.05, 0) is 78.0 Å². The molecule has 0 fully saturated rings. The van der Waals surface area contributed by atoms with Crippen molar-refractivity contribution in [3.05, 3.63) is 53.7 Å². The zero-order valence-corrected chi connectivity index (χ0v) is 21.0. The molecular weight excluding hydrogens is 442 g/mol. The summed E-state index contributed by atoms with van der Waals surface area (Å²) < 4.78 is 7.56. The normalized spacial score (nSPS) is 16.0. The van der Waals surface area contributed by atoms with Crippen molar-refractivity contribution >= 4 is 28.6 Å². The molecule has 8 nitrogen and oxygen atoms in total. The first-order valence-corrected chi connectivity index (χ1v) is 11.8. The first kappa shape index (κ1) is 24.3. The molecule has 1 aliphatic heterocycles. The van der Waals surface area contributed by atoms with Crippen LogP contribution in [0.25, 0.3) is 22.3 Å². The van der Waals surface area contributed by atoms with Crippen LogP contribution in [0.1, 0.15) is 57.9 Å². The van der Waals surface area contributed by atoms with Crippen molar-refractivity contribution in [3.8, 4) is 17.0 Å². The number of carbonyl (C=O) groups excluding carboxylic acids is 2. The number of dihydropyridines is 1. The van der Waals surface area contributed by atoms with Crippen LogP contribution >= 0.6 is 0 Å². The number of aromatic nitrogens is 3. The van der Waals surface area contributed by atoms with Crippen molar-refractivity contribution in [2.75, 3.05) is 6.54 Å². The lowest BCUT2D eigenvalue weighted by Gasteiger charge is -2.19. The number of allylic oxidation sites excluding steroid dienone is 1. The molecule has 8 heteroatoms. The molecule has 35 heavy (non-hydrogen) atoms. The number of nitrogens with one attached hydrogen (secondary N) is 1. The van der Waals surface area contributed by atoms with Crippen molar-refractivity contribution in [3.63, 3.8) is 0 Å². The Hall–Kier alpha value is -3.81. The molecule has 0 radical (unpaired) electrons. The quantitative estimate of drug-likeness (QED) is 0.533. The fourth-order valence-electron chi connectivity index (χ4n) is 4.16. The van der Waals surface area contributed by atoms with E-state index >= 15 is 0 Å². The Morgan fingerprint density at radius 1 is 1.14 bits per heavy atom. The van der Waals surface area contributed by atoms with E-state index in [1.165, 1.54) is 0 Å². The summed E-state index contributed by atoms with van der Waals surface area (Å²) in [6, 6.07) is 9.50.